The lowest BCUT2D eigenvalue weighted by Gasteiger charge is -2.42. The summed E-state index contributed by atoms with van der Waals surface area (Å²) in [7, 11) is 1.92. The van der Waals surface area contributed by atoms with E-state index >= 15 is 0 Å². The Hall–Kier alpha value is -1.61. The fourth-order valence-corrected chi connectivity index (χ4v) is 3.94. The number of hydrogen-bond acceptors (Lipinski definition) is 2. The molecule has 1 aromatic rings. The third-order valence-corrected chi connectivity index (χ3v) is 5.14. The zero-order valence-electron chi connectivity index (χ0n) is 12.7. The number of rotatable bonds is 4. The van der Waals surface area contributed by atoms with Gasteiger partial charge in [-0.2, -0.15) is 0 Å². The molecule has 2 aliphatic heterocycles. The van der Waals surface area contributed by atoms with Crippen LogP contribution in [0.4, 0.5) is 0 Å². The van der Waals surface area contributed by atoms with Crippen molar-refractivity contribution in [3.05, 3.63) is 48.6 Å². The van der Waals surface area contributed by atoms with Gasteiger partial charge >= 0.3 is 0 Å². The maximum Gasteiger partial charge on any atom is 0.245 e. The molecule has 0 radical (unpaired) electrons. The summed E-state index contributed by atoms with van der Waals surface area (Å²) in [5.74, 6) is 0.0518. The third-order valence-electron chi connectivity index (χ3n) is 5.14. The Labute approximate surface area is 127 Å². The van der Waals surface area contributed by atoms with Gasteiger partial charge in [0.25, 0.3) is 0 Å². The molecule has 2 heterocycles. The SMILES string of the molecule is C=CC(=O)N(C)C1C[C@H]2CC[C@@H](C1)N2Cc1ccccc1. The summed E-state index contributed by atoms with van der Waals surface area (Å²) in [5.41, 5.74) is 1.39. The molecule has 112 valence electrons. The van der Waals surface area contributed by atoms with Crippen LogP contribution in [-0.2, 0) is 11.3 Å². The largest absolute Gasteiger partial charge is 0.339 e. The van der Waals surface area contributed by atoms with Gasteiger partial charge in [-0.1, -0.05) is 36.9 Å². The van der Waals surface area contributed by atoms with Crippen LogP contribution in [0.5, 0.6) is 0 Å². The lowest BCUT2D eigenvalue weighted by molar-refractivity contribution is -0.128. The van der Waals surface area contributed by atoms with Crippen LogP contribution in [0.2, 0.25) is 0 Å². The Morgan fingerprint density at radius 1 is 1.29 bits per heavy atom. The molecule has 3 heteroatoms. The second-order valence-electron chi connectivity index (χ2n) is 6.32. The fourth-order valence-electron chi connectivity index (χ4n) is 3.94. The fraction of sp³-hybridized carbons (Fsp3) is 0.500. The van der Waals surface area contributed by atoms with Crippen LogP contribution in [0.1, 0.15) is 31.2 Å². The van der Waals surface area contributed by atoms with Gasteiger partial charge in [0.15, 0.2) is 0 Å². The molecule has 2 aliphatic rings. The Balaban J connectivity index is 1.67. The number of likely N-dealkylation sites (N-methyl/N-ethyl adjacent to an activating group) is 1. The number of carbonyl (C=O) groups excluding carboxylic acids is 1. The highest BCUT2D eigenvalue weighted by Gasteiger charge is 2.42. The summed E-state index contributed by atoms with van der Waals surface area (Å²) < 4.78 is 0. The monoisotopic (exact) mass is 284 g/mol. The van der Waals surface area contributed by atoms with Crippen molar-refractivity contribution >= 4 is 5.91 Å². The predicted octanol–water partition coefficient (Wildman–Crippen LogP) is 2.83. The Bertz CT molecular complexity index is 499. The van der Waals surface area contributed by atoms with E-state index in [1.165, 1.54) is 24.5 Å². The number of fused-ring (bicyclic) bond motifs is 2. The van der Waals surface area contributed by atoms with Crippen LogP contribution in [0.15, 0.2) is 43.0 Å². The molecule has 0 saturated carbocycles. The van der Waals surface area contributed by atoms with Gasteiger partial charge in [-0.15, -0.1) is 0 Å². The second-order valence-corrected chi connectivity index (χ2v) is 6.32. The maximum absolute atomic E-state index is 11.8. The van der Waals surface area contributed by atoms with Crippen molar-refractivity contribution < 1.29 is 4.79 Å². The molecular formula is C18H24N2O. The normalized spacial score (nSPS) is 28.3. The summed E-state index contributed by atoms with van der Waals surface area (Å²) in [6.07, 6.45) is 6.16. The zero-order chi connectivity index (χ0) is 14.8. The Kier molecular flexibility index (Phi) is 4.11. The topological polar surface area (TPSA) is 23.6 Å². The summed E-state index contributed by atoms with van der Waals surface area (Å²) in [6, 6.07) is 12.3. The van der Waals surface area contributed by atoms with E-state index in [1.807, 2.05) is 11.9 Å². The van der Waals surface area contributed by atoms with E-state index in [9.17, 15) is 4.79 Å². The highest BCUT2D eigenvalue weighted by molar-refractivity contribution is 5.87. The van der Waals surface area contributed by atoms with E-state index in [1.54, 1.807) is 0 Å². The van der Waals surface area contributed by atoms with Gasteiger partial charge in [0.05, 0.1) is 0 Å². The van der Waals surface area contributed by atoms with Crippen LogP contribution in [0.3, 0.4) is 0 Å². The molecule has 1 aromatic carbocycles. The molecule has 1 amide bonds. The van der Waals surface area contributed by atoms with Crippen molar-refractivity contribution in [1.29, 1.82) is 0 Å². The maximum atomic E-state index is 11.8. The highest BCUT2D eigenvalue weighted by atomic mass is 16.2. The molecule has 0 aromatic heterocycles. The summed E-state index contributed by atoms with van der Waals surface area (Å²) in [5, 5.41) is 0. The van der Waals surface area contributed by atoms with E-state index in [2.05, 4.69) is 41.8 Å². The average molecular weight is 284 g/mol. The number of carbonyl (C=O) groups is 1. The first-order valence-corrected chi connectivity index (χ1v) is 7.88. The van der Waals surface area contributed by atoms with Gasteiger partial charge in [-0.05, 0) is 37.3 Å². The molecule has 21 heavy (non-hydrogen) atoms. The zero-order valence-corrected chi connectivity index (χ0v) is 12.7. The van der Waals surface area contributed by atoms with E-state index < -0.39 is 0 Å². The molecule has 3 atom stereocenters. The highest BCUT2D eigenvalue weighted by Crippen LogP contribution is 2.38. The van der Waals surface area contributed by atoms with Crippen molar-refractivity contribution in [3.63, 3.8) is 0 Å². The molecule has 2 fully saturated rings. The number of piperidine rings is 1. The summed E-state index contributed by atoms with van der Waals surface area (Å²) >= 11 is 0. The second kappa shape index (κ2) is 6.02. The van der Waals surface area contributed by atoms with E-state index in [0.29, 0.717) is 18.1 Å². The first-order valence-electron chi connectivity index (χ1n) is 7.88. The minimum atomic E-state index is 0.0518. The van der Waals surface area contributed by atoms with Gasteiger partial charge in [0.2, 0.25) is 5.91 Å². The van der Waals surface area contributed by atoms with E-state index in [-0.39, 0.29) is 5.91 Å². The number of benzene rings is 1. The van der Waals surface area contributed by atoms with Gasteiger partial charge in [-0.3, -0.25) is 9.69 Å². The molecule has 2 saturated heterocycles. The third kappa shape index (κ3) is 2.88. The number of amides is 1. The Morgan fingerprint density at radius 2 is 1.90 bits per heavy atom. The molecule has 0 spiro atoms. The van der Waals surface area contributed by atoms with E-state index in [0.717, 1.165) is 19.4 Å². The molecule has 3 nitrogen and oxygen atoms in total. The first-order chi connectivity index (χ1) is 10.2. The van der Waals surface area contributed by atoms with Crippen molar-refractivity contribution in [2.24, 2.45) is 0 Å². The van der Waals surface area contributed by atoms with Gasteiger partial charge in [0.1, 0.15) is 0 Å². The number of nitrogens with zero attached hydrogens (tertiary/aromatic N) is 2. The molecule has 0 aliphatic carbocycles. The van der Waals surface area contributed by atoms with Gasteiger partial charge in [0, 0.05) is 31.7 Å². The molecule has 1 unspecified atom stereocenters. The van der Waals surface area contributed by atoms with Crippen molar-refractivity contribution in [3.8, 4) is 0 Å². The Morgan fingerprint density at radius 3 is 2.48 bits per heavy atom. The van der Waals surface area contributed by atoms with Crippen molar-refractivity contribution in [2.45, 2.75) is 50.4 Å². The van der Waals surface area contributed by atoms with Crippen molar-refractivity contribution in [1.82, 2.24) is 9.80 Å². The van der Waals surface area contributed by atoms with Crippen LogP contribution < -0.4 is 0 Å². The van der Waals surface area contributed by atoms with Crippen LogP contribution in [-0.4, -0.2) is 40.9 Å². The van der Waals surface area contributed by atoms with Gasteiger partial charge < -0.3 is 4.90 Å². The molecule has 0 N–H and O–H groups in total. The molecular weight excluding hydrogens is 260 g/mol. The number of hydrogen-bond donors (Lipinski definition) is 0. The summed E-state index contributed by atoms with van der Waals surface area (Å²) in [6.45, 7) is 4.64. The van der Waals surface area contributed by atoms with Gasteiger partial charge in [-0.25, -0.2) is 0 Å². The minimum Gasteiger partial charge on any atom is -0.339 e. The molecule has 3 rings (SSSR count). The minimum absolute atomic E-state index is 0.0518. The quantitative estimate of drug-likeness (QED) is 0.794. The lowest BCUT2D eigenvalue weighted by Crippen LogP contribution is -2.50. The van der Waals surface area contributed by atoms with Crippen LogP contribution in [0, 0.1) is 0 Å². The molecule has 2 bridgehead atoms. The van der Waals surface area contributed by atoms with E-state index in [4.69, 9.17) is 0 Å². The van der Waals surface area contributed by atoms with Crippen LogP contribution in [0.25, 0.3) is 0 Å². The lowest BCUT2D eigenvalue weighted by atomic mass is 9.95. The summed E-state index contributed by atoms with van der Waals surface area (Å²) in [4.78, 5) is 16.3. The predicted molar refractivity (Wildman–Crippen MR) is 84.8 cm³/mol. The first kappa shape index (κ1) is 14.3. The van der Waals surface area contributed by atoms with Crippen molar-refractivity contribution in [2.75, 3.05) is 7.05 Å². The van der Waals surface area contributed by atoms with Crippen LogP contribution >= 0.6 is 0 Å². The smallest absolute Gasteiger partial charge is 0.245 e. The average Bonchev–Trinajstić information content (AvgIpc) is 2.76. The standard InChI is InChI=1S/C18H24N2O/c1-3-18(21)19(2)17-11-15-9-10-16(12-17)20(15)13-14-7-5-4-6-8-14/h3-8,15-17H,1,9-13H2,2H3/t15-,16+,17?.